The monoisotopic (exact) mass is 766 g/mol. The van der Waals surface area contributed by atoms with E-state index in [4.69, 9.17) is 24.2 Å². The molecule has 0 bridgehead atoms. The highest BCUT2D eigenvalue weighted by Gasteiger charge is 2.13. The number of aryl methyl sites for hydroxylation is 8. The van der Waals surface area contributed by atoms with Crippen molar-refractivity contribution in [3.8, 4) is 46.3 Å². The Morgan fingerprint density at radius 3 is 1.58 bits per heavy atom. The van der Waals surface area contributed by atoms with Gasteiger partial charge < -0.3 is 18.9 Å². The van der Waals surface area contributed by atoms with Crippen LogP contribution in [0.2, 0.25) is 0 Å². The molecule has 6 aromatic rings. The van der Waals surface area contributed by atoms with Crippen molar-refractivity contribution in [3.05, 3.63) is 177 Å². The van der Waals surface area contributed by atoms with E-state index >= 15 is 0 Å². The highest BCUT2D eigenvalue weighted by Crippen LogP contribution is 2.36. The Balaban J connectivity index is 0.000000254. The molecular formula is C50H55FN2O4. The van der Waals surface area contributed by atoms with Crippen LogP contribution < -0.4 is 18.9 Å². The number of hydrogen-bond donors (Lipinski definition) is 0. The predicted octanol–water partition coefficient (Wildman–Crippen LogP) is 12.5. The van der Waals surface area contributed by atoms with Crippen LogP contribution >= 0.6 is 0 Å². The summed E-state index contributed by atoms with van der Waals surface area (Å²) < 4.78 is 32.9. The van der Waals surface area contributed by atoms with Gasteiger partial charge in [-0.15, -0.1) is 0 Å². The van der Waals surface area contributed by atoms with Crippen molar-refractivity contribution >= 4 is 0 Å². The lowest BCUT2D eigenvalue weighted by molar-refractivity contribution is 0.411. The standard InChI is InChI=1S/C16H15NO.3C9H12O.C7H4FN/c1-11-8-12(2)16(15(9-11)18-3)14-7-5-4-6-13(14)10-17;1-7-4-5-9(10-3)6-8(7)2;1-7-4-5-9(10-3)8(2)6-7;1-7-4-5-8(2)9(6-7)10-3;8-7-3-1-2-6(4-7)5-9/h4-9H,1-3H3;3*4-6H,1-3H3;1-4H. The van der Waals surface area contributed by atoms with E-state index in [0.29, 0.717) is 11.1 Å². The van der Waals surface area contributed by atoms with Gasteiger partial charge in [-0.2, -0.15) is 10.5 Å². The summed E-state index contributed by atoms with van der Waals surface area (Å²) in [5, 5.41) is 17.4. The van der Waals surface area contributed by atoms with E-state index in [1.54, 1.807) is 34.5 Å². The molecule has 0 saturated heterocycles. The molecule has 0 heterocycles. The third kappa shape index (κ3) is 15.2. The average molecular weight is 767 g/mol. The summed E-state index contributed by atoms with van der Waals surface area (Å²) >= 11 is 0. The second-order valence-electron chi connectivity index (χ2n) is 13.3. The number of benzene rings is 6. The van der Waals surface area contributed by atoms with E-state index in [1.165, 1.54) is 51.6 Å². The van der Waals surface area contributed by atoms with Crippen molar-refractivity contribution in [2.24, 2.45) is 0 Å². The number of methoxy groups -OCH3 is 4. The maximum absolute atomic E-state index is 12.2. The summed E-state index contributed by atoms with van der Waals surface area (Å²) in [5.74, 6) is 3.32. The Morgan fingerprint density at radius 2 is 1.04 bits per heavy atom. The van der Waals surface area contributed by atoms with Gasteiger partial charge in [-0.05, 0) is 149 Å². The first-order valence-electron chi connectivity index (χ1n) is 18.4. The summed E-state index contributed by atoms with van der Waals surface area (Å²) in [7, 11) is 6.73. The van der Waals surface area contributed by atoms with Crippen LogP contribution in [0.25, 0.3) is 11.1 Å². The van der Waals surface area contributed by atoms with E-state index in [1.807, 2.05) is 94.4 Å². The Morgan fingerprint density at radius 1 is 0.439 bits per heavy atom. The van der Waals surface area contributed by atoms with E-state index in [2.05, 4.69) is 64.1 Å². The van der Waals surface area contributed by atoms with Crippen molar-refractivity contribution in [2.45, 2.75) is 55.4 Å². The summed E-state index contributed by atoms with van der Waals surface area (Å²) in [5.41, 5.74) is 12.7. The van der Waals surface area contributed by atoms with Crippen LogP contribution in [-0.4, -0.2) is 28.4 Å². The summed E-state index contributed by atoms with van der Waals surface area (Å²) in [6.45, 7) is 16.5. The Kier molecular flexibility index (Phi) is 19.7. The van der Waals surface area contributed by atoms with Crippen LogP contribution in [0.4, 0.5) is 4.39 Å². The molecule has 6 aromatic carbocycles. The highest BCUT2D eigenvalue weighted by molar-refractivity contribution is 5.78. The van der Waals surface area contributed by atoms with Gasteiger partial charge in [-0.1, -0.05) is 66.2 Å². The van der Waals surface area contributed by atoms with Crippen LogP contribution in [-0.2, 0) is 0 Å². The molecule has 7 heteroatoms. The first-order valence-corrected chi connectivity index (χ1v) is 18.4. The number of halogens is 1. The fraction of sp³-hybridized carbons (Fsp3) is 0.240. The molecule has 6 rings (SSSR count). The molecule has 0 aliphatic heterocycles. The molecule has 0 atom stereocenters. The topological polar surface area (TPSA) is 84.5 Å². The predicted molar refractivity (Wildman–Crippen MR) is 231 cm³/mol. The maximum atomic E-state index is 12.2. The smallest absolute Gasteiger partial charge is 0.127 e. The molecule has 6 nitrogen and oxygen atoms in total. The SMILES string of the molecule is COc1cc(C)cc(C)c1-c1ccccc1C#N.COc1cc(C)ccc1C.COc1ccc(C)c(C)c1.COc1ccc(C)cc1C.N#Cc1cccc(F)c1. The summed E-state index contributed by atoms with van der Waals surface area (Å²) in [6.07, 6.45) is 0. The van der Waals surface area contributed by atoms with Gasteiger partial charge in [-0.3, -0.25) is 0 Å². The molecule has 0 spiro atoms. The average Bonchev–Trinajstić information content (AvgIpc) is 3.20. The lowest BCUT2D eigenvalue weighted by Gasteiger charge is -2.14. The fourth-order valence-electron chi connectivity index (χ4n) is 5.59. The summed E-state index contributed by atoms with van der Waals surface area (Å²) in [4.78, 5) is 0. The maximum Gasteiger partial charge on any atom is 0.127 e. The molecule has 0 aromatic heterocycles. The van der Waals surface area contributed by atoms with Gasteiger partial charge in [0.05, 0.1) is 51.7 Å². The molecule has 0 amide bonds. The molecule has 0 N–H and O–H groups in total. The molecule has 0 aliphatic carbocycles. The number of nitrogens with zero attached hydrogens (tertiary/aromatic N) is 2. The van der Waals surface area contributed by atoms with Gasteiger partial charge in [0.1, 0.15) is 28.8 Å². The molecule has 0 saturated carbocycles. The third-order valence-electron chi connectivity index (χ3n) is 8.76. The van der Waals surface area contributed by atoms with Crippen LogP contribution in [0, 0.1) is 83.9 Å². The third-order valence-corrected chi connectivity index (χ3v) is 8.76. The van der Waals surface area contributed by atoms with E-state index in [9.17, 15) is 9.65 Å². The molecule has 0 unspecified atom stereocenters. The second-order valence-corrected chi connectivity index (χ2v) is 13.3. The zero-order valence-corrected chi connectivity index (χ0v) is 35.4. The van der Waals surface area contributed by atoms with Gasteiger partial charge >= 0.3 is 0 Å². The molecule has 57 heavy (non-hydrogen) atoms. The van der Waals surface area contributed by atoms with Gasteiger partial charge in [0.25, 0.3) is 0 Å². The number of rotatable bonds is 5. The Hall–Kier alpha value is -6.57. The quantitative estimate of drug-likeness (QED) is 0.174. The first kappa shape index (κ1) is 46.6. The molecule has 0 fully saturated rings. The number of ether oxygens (including phenoxy) is 4. The van der Waals surface area contributed by atoms with Gasteiger partial charge in [0.15, 0.2) is 0 Å². The molecular weight excluding hydrogens is 712 g/mol. The minimum Gasteiger partial charge on any atom is -0.497 e. The van der Waals surface area contributed by atoms with Crippen molar-refractivity contribution < 1.29 is 23.3 Å². The number of hydrogen-bond acceptors (Lipinski definition) is 6. The lowest BCUT2D eigenvalue weighted by atomic mass is 9.94. The van der Waals surface area contributed by atoms with Crippen LogP contribution in [0.15, 0.2) is 115 Å². The van der Waals surface area contributed by atoms with Crippen molar-refractivity contribution in [1.29, 1.82) is 10.5 Å². The second kappa shape index (κ2) is 24.1. The zero-order valence-electron chi connectivity index (χ0n) is 35.4. The van der Waals surface area contributed by atoms with Crippen LogP contribution in [0.1, 0.15) is 55.6 Å². The highest BCUT2D eigenvalue weighted by atomic mass is 19.1. The normalized spacial score (nSPS) is 9.46. The van der Waals surface area contributed by atoms with Crippen LogP contribution in [0.3, 0.4) is 0 Å². The zero-order chi connectivity index (χ0) is 42.5. The minimum absolute atomic E-state index is 0.356. The van der Waals surface area contributed by atoms with Crippen molar-refractivity contribution in [2.75, 3.05) is 28.4 Å². The van der Waals surface area contributed by atoms with E-state index in [-0.39, 0.29) is 5.82 Å². The molecule has 0 radical (unpaired) electrons. The lowest BCUT2D eigenvalue weighted by Crippen LogP contribution is -1.94. The first-order chi connectivity index (χ1) is 27.2. The molecule has 0 aliphatic rings. The fourth-order valence-corrected chi connectivity index (χ4v) is 5.59. The van der Waals surface area contributed by atoms with Crippen molar-refractivity contribution in [1.82, 2.24) is 0 Å². The van der Waals surface area contributed by atoms with Gasteiger partial charge in [0.2, 0.25) is 0 Å². The van der Waals surface area contributed by atoms with E-state index < -0.39 is 0 Å². The number of nitriles is 2. The van der Waals surface area contributed by atoms with E-state index in [0.717, 1.165) is 45.3 Å². The summed E-state index contributed by atoms with van der Waals surface area (Å²) in [6, 6.07) is 39.7. The Bertz CT molecular complexity index is 2290. The van der Waals surface area contributed by atoms with Gasteiger partial charge in [-0.25, -0.2) is 4.39 Å². The largest absolute Gasteiger partial charge is 0.497 e. The Labute approximate surface area is 339 Å². The molecule has 296 valence electrons. The minimum atomic E-state index is -0.367. The van der Waals surface area contributed by atoms with Crippen LogP contribution in [0.5, 0.6) is 23.0 Å². The van der Waals surface area contributed by atoms with Gasteiger partial charge in [0, 0.05) is 11.1 Å². The van der Waals surface area contributed by atoms with Crippen molar-refractivity contribution in [3.63, 3.8) is 0 Å².